The van der Waals surface area contributed by atoms with Crippen LogP contribution in [0.5, 0.6) is 0 Å². The van der Waals surface area contributed by atoms with Crippen LogP contribution >= 0.6 is 0 Å². The number of hydrogen-bond donors (Lipinski definition) is 0. The van der Waals surface area contributed by atoms with Crippen LogP contribution in [-0.2, 0) is 28.5 Å². The van der Waals surface area contributed by atoms with Crippen molar-refractivity contribution >= 4 is 11.9 Å². The predicted molar refractivity (Wildman–Crippen MR) is 59.3 cm³/mol. The summed E-state index contributed by atoms with van der Waals surface area (Å²) < 4.78 is 20.8. The molecule has 0 spiro atoms. The van der Waals surface area contributed by atoms with E-state index in [0.717, 1.165) is 12.8 Å². The van der Waals surface area contributed by atoms with E-state index >= 15 is 0 Å². The maximum Gasteiger partial charge on any atom is 0.341 e. The third kappa shape index (κ3) is 2.64. The van der Waals surface area contributed by atoms with E-state index in [1.165, 1.54) is 0 Å². The van der Waals surface area contributed by atoms with Gasteiger partial charge in [0.25, 0.3) is 0 Å². The van der Waals surface area contributed by atoms with Gasteiger partial charge in [-0.3, -0.25) is 0 Å². The zero-order valence-corrected chi connectivity index (χ0v) is 10.6. The fourth-order valence-corrected chi connectivity index (χ4v) is 2.00. The molecule has 6 nitrogen and oxygen atoms in total. The molecule has 102 valence electrons. The number of carbonyl (C=O) groups excluding carboxylic acids is 2. The molecule has 0 aliphatic carbocycles. The largest absolute Gasteiger partial charge is 0.434 e. The summed E-state index contributed by atoms with van der Waals surface area (Å²) in [6.45, 7) is 3.92. The summed E-state index contributed by atoms with van der Waals surface area (Å²) in [5.74, 6) is -1.10. The van der Waals surface area contributed by atoms with Crippen molar-refractivity contribution in [2.24, 2.45) is 0 Å². The Hall–Kier alpha value is -1.14. The molecule has 4 atom stereocenters. The highest BCUT2D eigenvalue weighted by Gasteiger charge is 2.50. The maximum absolute atomic E-state index is 11.6. The SMILES string of the molecule is CCC[C@@H]1OC(=O)[C@H]([C@@H]2O[C@H](CCC)OC2=O)O1. The summed E-state index contributed by atoms with van der Waals surface area (Å²) in [7, 11) is 0. The van der Waals surface area contributed by atoms with Crippen molar-refractivity contribution in [1.29, 1.82) is 0 Å². The number of ether oxygens (including phenoxy) is 4. The summed E-state index contributed by atoms with van der Waals surface area (Å²) in [5.41, 5.74) is 0. The Morgan fingerprint density at radius 3 is 1.56 bits per heavy atom. The molecule has 2 heterocycles. The monoisotopic (exact) mass is 258 g/mol. The second-order valence-electron chi connectivity index (χ2n) is 4.42. The molecule has 0 aromatic carbocycles. The van der Waals surface area contributed by atoms with Gasteiger partial charge in [-0.15, -0.1) is 0 Å². The van der Waals surface area contributed by atoms with Gasteiger partial charge in [-0.1, -0.05) is 26.7 Å². The molecule has 0 N–H and O–H groups in total. The Bertz CT molecular complexity index is 297. The molecule has 0 radical (unpaired) electrons. The van der Waals surface area contributed by atoms with Gasteiger partial charge in [0.15, 0.2) is 12.2 Å². The number of rotatable bonds is 5. The van der Waals surface area contributed by atoms with E-state index in [4.69, 9.17) is 18.9 Å². The number of carbonyl (C=O) groups is 2. The van der Waals surface area contributed by atoms with Gasteiger partial charge in [0.05, 0.1) is 0 Å². The van der Waals surface area contributed by atoms with Crippen LogP contribution in [0, 0.1) is 0 Å². The minimum Gasteiger partial charge on any atom is -0.434 e. The third-order valence-corrected chi connectivity index (χ3v) is 2.88. The lowest BCUT2D eigenvalue weighted by Crippen LogP contribution is -2.37. The summed E-state index contributed by atoms with van der Waals surface area (Å²) in [4.78, 5) is 23.2. The van der Waals surface area contributed by atoms with E-state index in [0.29, 0.717) is 12.8 Å². The van der Waals surface area contributed by atoms with Crippen LogP contribution in [0.2, 0.25) is 0 Å². The molecule has 0 saturated carbocycles. The molecule has 2 aliphatic rings. The van der Waals surface area contributed by atoms with Gasteiger partial charge < -0.3 is 18.9 Å². The van der Waals surface area contributed by atoms with E-state index < -0.39 is 36.7 Å². The third-order valence-electron chi connectivity index (χ3n) is 2.88. The molecule has 2 fully saturated rings. The smallest absolute Gasteiger partial charge is 0.341 e. The van der Waals surface area contributed by atoms with Crippen LogP contribution in [0.15, 0.2) is 0 Å². The van der Waals surface area contributed by atoms with Crippen LogP contribution in [0.25, 0.3) is 0 Å². The highest BCUT2D eigenvalue weighted by atomic mass is 16.8. The predicted octanol–water partition coefficient (Wildman–Crippen LogP) is 1.12. The van der Waals surface area contributed by atoms with Crippen LogP contribution in [0.4, 0.5) is 0 Å². The summed E-state index contributed by atoms with van der Waals surface area (Å²) in [6.07, 6.45) is -0.238. The zero-order valence-electron chi connectivity index (χ0n) is 10.6. The molecular formula is C12H18O6. The first-order valence-electron chi connectivity index (χ1n) is 6.37. The van der Waals surface area contributed by atoms with Crippen molar-refractivity contribution in [2.75, 3.05) is 0 Å². The van der Waals surface area contributed by atoms with Crippen molar-refractivity contribution in [3.63, 3.8) is 0 Å². The quantitative estimate of drug-likeness (QED) is 0.688. The fourth-order valence-electron chi connectivity index (χ4n) is 2.00. The fraction of sp³-hybridized carbons (Fsp3) is 0.833. The van der Waals surface area contributed by atoms with E-state index in [-0.39, 0.29) is 0 Å². The molecule has 0 aromatic rings. The second-order valence-corrected chi connectivity index (χ2v) is 4.42. The summed E-state index contributed by atoms with van der Waals surface area (Å²) in [5, 5.41) is 0. The lowest BCUT2D eigenvalue weighted by Gasteiger charge is -2.11. The number of esters is 2. The van der Waals surface area contributed by atoms with Gasteiger partial charge in [0.2, 0.25) is 12.6 Å². The molecule has 0 bridgehead atoms. The Kier molecular flexibility index (Phi) is 4.19. The molecular weight excluding hydrogens is 240 g/mol. The molecule has 0 unspecified atom stereocenters. The molecule has 2 aliphatic heterocycles. The normalized spacial score (nSPS) is 35.7. The van der Waals surface area contributed by atoms with Crippen LogP contribution in [-0.4, -0.2) is 36.7 Å². The molecule has 2 saturated heterocycles. The Labute approximate surface area is 106 Å². The molecule has 18 heavy (non-hydrogen) atoms. The highest BCUT2D eigenvalue weighted by molar-refractivity contribution is 5.87. The first-order chi connectivity index (χ1) is 8.65. The van der Waals surface area contributed by atoms with Gasteiger partial charge in [0, 0.05) is 12.8 Å². The van der Waals surface area contributed by atoms with Crippen molar-refractivity contribution in [3.8, 4) is 0 Å². The van der Waals surface area contributed by atoms with Crippen molar-refractivity contribution < 1.29 is 28.5 Å². The van der Waals surface area contributed by atoms with E-state index in [9.17, 15) is 9.59 Å². The second kappa shape index (κ2) is 5.67. The number of cyclic esters (lactones) is 2. The van der Waals surface area contributed by atoms with Crippen LogP contribution < -0.4 is 0 Å². The Balaban J connectivity index is 1.95. The Morgan fingerprint density at radius 1 is 0.833 bits per heavy atom. The summed E-state index contributed by atoms with van der Waals surface area (Å²) >= 11 is 0. The van der Waals surface area contributed by atoms with Crippen LogP contribution in [0.1, 0.15) is 39.5 Å². The van der Waals surface area contributed by atoms with Crippen LogP contribution in [0.3, 0.4) is 0 Å². The zero-order chi connectivity index (χ0) is 13.1. The van der Waals surface area contributed by atoms with Gasteiger partial charge in [-0.05, 0) is 0 Å². The average Bonchev–Trinajstić information content (AvgIpc) is 2.83. The lowest BCUT2D eigenvalue weighted by molar-refractivity contribution is -0.148. The first kappa shape index (κ1) is 13.3. The molecule has 2 rings (SSSR count). The van der Waals surface area contributed by atoms with Gasteiger partial charge in [0.1, 0.15) is 0 Å². The van der Waals surface area contributed by atoms with Crippen molar-refractivity contribution in [3.05, 3.63) is 0 Å². The molecule has 0 aromatic heterocycles. The minimum atomic E-state index is -0.990. The maximum atomic E-state index is 11.6. The van der Waals surface area contributed by atoms with Gasteiger partial charge >= 0.3 is 11.9 Å². The van der Waals surface area contributed by atoms with Gasteiger partial charge in [-0.2, -0.15) is 0 Å². The standard InChI is InChI=1S/C12H18O6/c1-3-5-7-15-9(11(13)17-7)10-12(14)18-8(16-10)6-4-2/h7-10H,3-6H2,1-2H3/t7-,8-,9-,10-/m0/s1. The Morgan fingerprint density at radius 2 is 1.22 bits per heavy atom. The minimum absolute atomic E-state index is 0.549. The summed E-state index contributed by atoms with van der Waals surface area (Å²) in [6, 6.07) is 0. The average molecular weight is 258 g/mol. The van der Waals surface area contributed by atoms with E-state index in [2.05, 4.69) is 0 Å². The van der Waals surface area contributed by atoms with Gasteiger partial charge in [-0.25, -0.2) is 9.59 Å². The topological polar surface area (TPSA) is 71.1 Å². The highest BCUT2D eigenvalue weighted by Crippen LogP contribution is 2.27. The van der Waals surface area contributed by atoms with Crippen molar-refractivity contribution in [1.82, 2.24) is 0 Å². The van der Waals surface area contributed by atoms with E-state index in [1.807, 2.05) is 13.8 Å². The van der Waals surface area contributed by atoms with Crippen molar-refractivity contribution in [2.45, 2.75) is 64.3 Å². The molecule has 6 heteroatoms. The molecule has 0 amide bonds. The van der Waals surface area contributed by atoms with E-state index in [1.54, 1.807) is 0 Å². The lowest BCUT2D eigenvalue weighted by atomic mass is 10.2. The number of hydrogen-bond acceptors (Lipinski definition) is 6. The first-order valence-corrected chi connectivity index (χ1v) is 6.37.